The Morgan fingerprint density at radius 1 is 1.45 bits per heavy atom. The Bertz CT molecular complexity index is 664. The van der Waals surface area contributed by atoms with Gasteiger partial charge in [-0.3, -0.25) is 9.89 Å². The molecule has 1 aromatic rings. The highest BCUT2D eigenvalue weighted by atomic mass is 35.7. The topological polar surface area (TPSA) is 91.9 Å². The molecule has 1 aliphatic rings. The van der Waals surface area contributed by atoms with Crippen LogP contribution < -0.4 is 5.32 Å². The van der Waals surface area contributed by atoms with Gasteiger partial charge in [0.2, 0.25) is 0 Å². The Morgan fingerprint density at radius 3 is 2.40 bits per heavy atom. The molecule has 0 aromatic carbocycles. The van der Waals surface area contributed by atoms with Crippen LogP contribution in [0.3, 0.4) is 0 Å². The zero-order valence-electron chi connectivity index (χ0n) is 10.0. The first-order valence-electron chi connectivity index (χ1n) is 5.37. The average Bonchev–Trinajstić information content (AvgIpc) is 2.92. The van der Waals surface area contributed by atoms with Gasteiger partial charge in [0.05, 0.1) is 5.69 Å². The first-order chi connectivity index (χ1) is 8.98. The van der Waals surface area contributed by atoms with Crippen LogP contribution >= 0.6 is 10.7 Å². The third-order valence-corrected chi connectivity index (χ3v) is 4.45. The van der Waals surface area contributed by atoms with E-state index >= 15 is 0 Å². The monoisotopic (exact) mass is 331 g/mol. The van der Waals surface area contributed by atoms with E-state index in [-0.39, 0.29) is 18.5 Å². The lowest BCUT2D eigenvalue weighted by Crippen LogP contribution is -2.48. The molecule has 112 valence electrons. The van der Waals surface area contributed by atoms with Gasteiger partial charge in [-0.2, -0.15) is 18.3 Å². The number of H-pyrrole nitrogens is 1. The van der Waals surface area contributed by atoms with E-state index in [1.165, 1.54) is 6.92 Å². The summed E-state index contributed by atoms with van der Waals surface area (Å²) in [7, 11) is 0.841. The highest BCUT2D eigenvalue weighted by Gasteiger charge is 2.64. The standard InChI is InChI=1S/C9H9ClF3N3O3S/c1-4-6(20(10,18)19)5(16-15-4)7(17)14-8(2-3-8)9(11,12)13/h2-3H2,1H3,(H,14,17)(H,15,16). The van der Waals surface area contributed by atoms with Crippen molar-refractivity contribution >= 4 is 25.6 Å². The minimum absolute atomic E-state index is 0.0259. The number of rotatable bonds is 3. The maximum atomic E-state index is 12.7. The molecular formula is C9H9ClF3N3O3S. The van der Waals surface area contributed by atoms with Gasteiger partial charge in [0, 0.05) is 10.7 Å². The number of hydrogen-bond donors (Lipinski definition) is 2. The van der Waals surface area contributed by atoms with Gasteiger partial charge in [-0.05, 0) is 19.8 Å². The van der Waals surface area contributed by atoms with Gasteiger partial charge in [0.15, 0.2) is 5.69 Å². The predicted octanol–water partition coefficient (Wildman–Crippen LogP) is 1.47. The van der Waals surface area contributed by atoms with Crippen LogP contribution in [0.1, 0.15) is 29.0 Å². The van der Waals surface area contributed by atoms with Crippen molar-refractivity contribution in [2.45, 2.75) is 36.4 Å². The molecule has 1 amide bonds. The minimum Gasteiger partial charge on any atom is -0.336 e. The van der Waals surface area contributed by atoms with Crippen LogP contribution in [0.15, 0.2) is 4.90 Å². The van der Waals surface area contributed by atoms with Crippen molar-refractivity contribution in [3.05, 3.63) is 11.4 Å². The van der Waals surface area contributed by atoms with Crippen molar-refractivity contribution in [3.8, 4) is 0 Å². The molecule has 0 bridgehead atoms. The molecule has 0 saturated heterocycles. The van der Waals surface area contributed by atoms with Crippen molar-refractivity contribution in [1.82, 2.24) is 15.5 Å². The number of aromatic nitrogens is 2. The second kappa shape index (κ2) is 4.35. The maximum absolute atomic E-state index is 12.7. The summed E-state index contributed by atoms with van der Waals surface area (Å²) in [6.45, 7) is 1.29. The van der Waals surface area contributed by atoms with Crippen LogP contribution in [-0.2, 0) is 9.05 Å². The van der Waals surface area contributed by atoms with Gasteiger partial charge in [0.25, 0.3) is 15.0 Å². The lowest BCUT2D eigenvalue weighted by molar-refractivity contribution is -0.163. The molecule has 11 heteroatoms. The summed E-state index contributed by atoms with van der Waals surface area (Å²) in [5.41, 5.74) is -3.00. The number of hydrogen-bond acceptors (Lipinski definition) is 4. The zero-order valence-corrected chi connectivity index (χ0v) is 11.6. The normalized spacial score (nSPS) is 17.9. The van der Waals surface area contributed by atoms with E-state index in [0.717, 1.165) is 0 Å². The molecule has 0 spiro atoms. The SMILES string of the molecule is Cc1[nH]nc(C(=O)NC2(C(F)(F)F)CC2)c1S(=O)(=O)Cl. The predicted molar refractivity (Wildman–Crippen MR) is 61.8 cm³/mol. The highest BCUT2D eigenvalue weighted by Crippen LogP contribution is 2.49. The van der Waals surface area contributed by atoms with Crippen LogP contribution in [0, 0.1) is 6.92 Å². The molecule has 20 heavy (non-hydrogen) atoms. The summed E-state index contributed by atoms with van der Waals surface area (Å²) in [5.74, 6) is -1.23. The van der Waals surface area contributed by atoms with E-state index in [2.05, 4.69) is 10.2 Å². The Balaban J connectivity index is 2.33. The van der Waals surface area contributed by atoms with E-state index < -0.39 is 37.3 Å². The number of carbonyl (C=O) groups excluding carboxylic acids is 1. The van der Waals surface area contributed by atoms with E-state index in [1.807, 2.05) is 0 Å². The van der Waals surface area contributed by atoms with Gasteiger partial charge in [-0.15, -0.1) is 0 Å². The van der Waals surface area contributed by atoms with Crippen molar-refractivity contribution in [2.75, 3.05) is 0 Å². The van der Waals surface area contributed by atoms with Crippen LogP contribution in [0.25, 0.3) is 0 Å². The van der Waals surface area contributed by atoms with Gasteiger partial charge in [-0.1, -0.05) is 0 Å². The number of nitrogens with one attached hydrogen (secondary N) is 2. The Morgan fingerprint density at radius 2 is 2.00 bits per heavy atom. The molecule has 1 fully saturated rings. The van der Waals surface area contributed by atoms with E-state index in [9.17, 15) is 26.4 Å². The molecule has 0 atom stereocenters. The second-order valence-electron chi connectivity index (χ2n) is 4.50. The molecule has 0 aliphatic heterocycles. The lowest BCUT2D eigenvalue weighted by Gasteiger charge is -2.20. The van der Waals surface area contributed by atoms with E-state index in [4.69, 9.17) is 10.7 Å². The molecule has 0 unspecified atom stereocenters. The largest absolute Gasteiger partial charge is 0.411 e. The quantitative estimate of drug-likeness (QED) is 0.820. The summed E-state index contributed by atoms with van der Waals surface area (Å²) in [6.07, 6.45) is -5.11. The summed E-state index contributed by atoms with van der Waals surface area (Å²) in [6, 6.07) is 0. The van der Waals surface area contributed by atoms with Crippen molar-refractivity contribution < 1.29 is 26.4 Å². The molecular weight excluding hydrogens is 323 g/mol. The third-order valence-electron chi connectivity index (χ3n) is 3.00. The zero-order chi connectivity index (χ0) is 15.3. The average molecular weight is 332 g/mol. The fourth-order valence-electron chi connectivity index (χ4n) is 1.75. The van der Waals surface area contributed by atoms with E-state index in [0.29, 0.717) is 0 Å². The number of aromatic amines is 1. The molecule has 2 N–H and O–H groups in total. The molecule has 2 rings (SSSR count). The van der Waals surface area contributed by atoms with Crippen molar-refractivity contribution in [1.29, 1.82) is 0 Å². The van der Waals surface area contributed by atoms with Crippen molar-refractivity contribution in [3.63, 3.8) is 0 Å². The molecule has 1 heterocycles. The first-order valence-corrected chi connectivity index (χ1v) is 7.68. The summed E-state index contributed by atoms with van der Waals surface area (Å²) in [5, 5.41) is 7.40. The lowest BCUT2D eigenvalue weighted by atomic mass is 10.2. The van der Waals surface area contributed by atoms with Crippen LogP contribution in [0.5, 0.6) is 0 Å². The molecule has 1 aliphatic carbocycles. The van der Waals surface area contributed by atoms with Gasteiger partial charge < -0.3 is 5.32 Å². The highest BCUT2D eigenvalue weighted by molar-refractivity contribution is 8.13. The molecule has 1 aromatic heterocycles. The first kappa shape index (κ1) is 15.1. The third kappa shape index (κ3) is 2.49. The number of nitrogens with zero attached hydrogens (tertiary/aromatic N) is 1. The number of aryl methyl sites for hydroxylation is 1. The van der Waals surface area contributed by atoms with Gasteiger partial charge in [-0.25, -0.2) is 8.42 Å². The van der Waals surface area contributed by atoms with Gasteiger partial charge in [0.1, 0.15) is 10.4 Å². The summed E-state index contributed by atoms with van der Waals surface area (Å²) in [4.78, 5) is 11.2. The number of alkyl halides is 3. The molecule has 0 radical (unpaired) electrons. The Labute approximate surface area is 116 Å². The summed E-state index contributed by atoms with van der Waals surface area (Å²) >= 11 is 0. The minimum atomic E-state index is -4.60. The second-order valence-corrected chi connectivity index (χ2v) is 7.00. The van der Waals surface area contributed by atoms with Crippen LogP contribution in [0.2, 0.25) is 0 Å². The smallest absolute Gasteiger partial charge is 0.336 e. The van der Waals surface area contributed by atoms with Crippen LogP contribution in [0.4, 0.5) is 13.2 Å². The summed E-state index contributed by atoms with van der Waals surface area (Å²) < 4.78 is 60.8. The fourth-order valence-corrected chi connectivity index (χ4v) is 3.10. The Hall–Kier alpha value is -1.29. The van der Waals surface area contributed by atoms with Crippen LogP contribution in [-0.4, -0.2) is 36.2 Å². The number of halogens is 4. The van der Waals surface area contributed by atoms with Gasteiger partial charge >= 0.3 is 6.18 Å². The molecule has 6 nitrogen and oxygen atoms in total. The van der Waals surface area contributed by atoms with E-state index in [1.54, 1.807) is 5.32 Å². The number of carbonyl (C=O) groups is 1. The fraction of sp³-hybridized carbons (Fsp3) is 0.556. The molecule has 1 saturated carbocycles. The van der Waals surface area contributed by atoms with Crippen molar-refractivity contribution in [2.24, 2.45) is 0 Å². The maximum Gasteiger partial charge on any atom is 0.411 e. The number of amides is 1. The Kier molecular flexibility index (Phi) is 3.29.